The van der Waals surface area contributed by atoms with Crippen molar-refractivity contribution in [3.05, 3.63) is 34.9 Å². The number of allylic oxidation sites excluding steroid dienone is 3. The number of fused-ring (bicyclic) bond motifs is 5. The first-order valence-corrected chi connectivity index (χ1v) is 28.7. The number of ether oxygens (including phenoxy) is 13. The molecule has 0 spiro atoms. The second-order valence-electron chi connectivity index (χ2n) is 24.1. The molecule has 21 nitrogen and oxygen atoms in total. The van der Waals surface area contributed by atoms with Gasteiger partial charge in [-0.3, -0.25) is 0 Å². The molecule has 6 N–H and O–H groups in total. The summed E-state index contributed by atoms with van der Waals surface area (Å²) in [5.74, 6) is -1.11. The van der Waals surface area contributed by atoms with Gasteiger partial charge in [0, 0.05) is 56.7 Å². The number of carbonyl (C=O) groups excluding carboxylic acids is 2. The molecule has 450 valence electrons. The van der Waals surface area contributed by atoms with Crippen LogP contribution in [-0.4, -0.2) is 205 Å². The third kappa shape index (κ3) is 11.8. The Hall–Kier alpha value is -2.52. The van der Waals surface area contributed by atoms with Gasteiger partial charge < -0.3 is 92.2 Å². The summed E-state index contributed by atoms with van der Waals surface area (Å²) < 4.78 is 80.8. The number of hydrogen-bond donors (Lipinski definition) is 6. The van der Waals surface area contributed by atoms with Gasteiger partial charge in [-0.1, -0.05) is 37.6 Å². The number of aliphatic hydroxyl groups excluding tert-OH is 5. The van der Waals surface area contributed by atoms with Crippen molar-refractivity contribution in [2.24, 2.45) is 28.6 Å². The summed E-state index contributed by atoms with van der Waals surface area (Å²) >= 11 is 0. The SMILES string of the molecule is C/C=C(\C)C(=O)OC(C)[C@H]1CC[C@]2(O)[C@@H]3CC=C4C[C@@H](O[C@H]5C[C@H](OC)[C@@H](O[C@H]6C[C@@H](OC)[C@@H](O[C@@H]7O[C@H](C)[C@@H](O[C@@H]8O[C@H](CO)[C@@H](O)[C@H](O)[C@H]8O)[C@@H](OC)[C@H]7O)[C@@H](C)O6)[C@@H](C)O5)CC[C@]4(C)[C@H]3C[C@@H](OC(=O)/C(C)=C/C)[C@]12C. The maximum absolute atomic E-state index is 13.7. The lowest BCUT2D eigenvalue weighted by Crippen LogP contribution is -2.67. The average Bonchev–Trinajstić information content (AvgIpc) is 3.60. The number of carbonyl (C=O) groups is 2. The van der Waals surface area contributed by atoms with Crippen LogP contribution in [-0.2, 0) is 71.2 Å². The van der Waals surface area contributed by atoms with E-state index in [0.717, 1.165) is 12.8 Å². The minimum Gasteiger partial charge on any atom is -0.459 e. The molecule has 0 radical (unpaired) electrons. The minimum atomic E-state index is -1.67. The van der Waals surface area contributed by atoms with Crippen LogP contribution in [0.4, 0.5) is 0 Å². The Balaban J connectivity index is 0.878. The third-order valence-corrected chi connectivity index (χ3v) is 20.0. The Labute approximate surface area is 465 Å². The predicted molar refractivity (Wildman–Crippen MR) is 280 cm³/mol. The fourth-order valence-corrected chi connectivity index (χ4v) is 14.9. The molecule has 0 aromatic rings. The van der Waals surface area contributed by atoms with Crippen LogP contribution in [0, 0.1) is 28.6 Å². The number of esters is 2. The molecule has 3 saturated carbocycles. The molecule has 8 rings (SSSR count). The molecule has 8 aliphatic rings. The summed E-state index contributed by atoms with van der Waals surface area (Å²) in [6, 6.07) is 0. The summed E-state index contributed by atoms with van der Waals surface area (Å²) in [6.07, 6.45) is -8.06. The highest BCUT2D eigenvalue weighted by Crippen LogP contribution is 2.69. The fourth-order valence-electron chi connectivity index (χ4n) is 14.9. The van der Waals surface area contributed by atoms with Crippen molar-refractivity contribution in [2.45, 2.75) is 262 Å². The summed E-state index contributed by atoms with van der Waals surface area (Å²) in [5, 5.41) is 65.7. The summed E-state index contributed by atoms with van der Waals surface area (Å²) in [6.45, 7) is 18.1. The van der Waals surface area contributed by atoms with Crippen molar-refractivity contribution < 1.29 is 102 Å². The highest BCUT2D eigenvalue weighted by atomic mass is 16.8. The summed E-state index contributed by atoms with van der Waals surface area (Å²) in [5.41, 5.74) is -0.0544. The molecule has 4 aliphatic heterocycles. The Morgan fingerprint density at radius 2 is 1.28 bits per heavy atom. The van der Waals surface area contributed by atoms with E-state index in [2.05, 4.69) is 19.9 Å². The van der Waals surface area contributed by atoms with Gasteiger partial charge in [-0.15, -0.1) is 0 Å². The Morgan fingerprint density at radius 1 is 0.696 bits per heavy atom. The average molecular weight is 1130 g/mol. The Bertz CT molecular complexity index is 2190. The van der Waals surface area contributed by atoms with Crippen LogP contribution >= 0.6 is 0 Å². The number of methoxy groups -OCH3 is 3. The molecular weight excluding hydrogens is 1030 g/mol. The van der Waals surface area contributed by atoms with Crippen molar-refractivity contribution in [1.29, 1.82) is 0 Å². The monoisotopic (exact) mass is 1120 g/mol. The van der Waals surface area contributed by atoms with Gasteiger partial charge in [0.25, 0.3) is 0 Å². The fraction of sp³-hybridized carbons (Fsp3) is 0.862. The largest absolute Gasteiger partial charge is 0.459 e. The zero-order valence-electron chi connectivity index (χ0n) is 48.5. The Kier molecular flexibility index (Phi) is 20.1. The number of rotatable bonds is 17. The van der Waals surface area contributed by atoms with Crippen molar-refractivity contribution >= 4 is 11.9 Å². The molecule has 27 atom stereocenters. The van der Waals surface area contributed by atoms with E-state index in [-0.39, 0.29) is 41.7 Å². The molecule has 21 heteroatoms. The summed E-state index contributed by atoms with van der Waals surface area (Å²) in [7, 11) is 4.56. The maximum atomic E-state index is 13.7. The standard InChI is InChI=1S/C58H92O21/c1-14-27(3)52(64)72-29(5)35-19-21-58(66)36-17-16-33-22-34(18-20-56(33,9)37(36)23-41(57(35,58)10)76-53(65)28(4)15-2)74-42-24-38(67-11)48(30(6)70-42)77-43-25-39(68-12)49(31(7)71-43)78-55-47(63)51(69-13)50(32(8)73-55)79-54-46(62)45(61)44(60)40(26-59)75-54/h14-16,29-32,34-51,54-55,59-63,66H,17-26H2,1-13H3/b27-14+,28-15+/t29?,30-,31-,32-,34+,35-,36-,37+,38+,39-,40-,41-,42+,43+,44-,45+,46-,47-,48+,49+,50-,51+,54+,55+,56+,57+,58+/m1/s1. The zero-order valence-corrected chi connectivity index (χ0v) is 48.5. The van der Waals surface area contributed by atoms with Gasteiger partial charge in [0.2, 0.25) is 0 Å². The van der Waals surface area contributed by atoms with Gasteiger partial charge in [0.15, 0.2) is 25.2 Å². The highest BCUT2D eigenvalue weighted by Gasteiger charge is 2.72. The summed E-state index contributed by atoms with van der Waals surface area (Å²) in [4.78, 5) is 26.7. The van der Waals surface area contributed by atoms with Crippen LogP contribution < -0.4 is 0 Å². The molecule has 79 heavy (non-hydrogen) atoms. The first kappa shape index (κ1) is 62.5. The van der Waals surface area contributed by atoms with Gasteiger partial charge in [0.1, 0.15) is 67.1 Å². The van der Waals surface area contributed by atoms with E-state index in [0.29, 0.717) is 49.7 Å². The Morgan fingerprint density at radius 3 is 1.89 bits per heavy atom. The topological polar surface area (TPSA) is 276 Å². The molecule has 0 aromatic heterocycles. The first-order chi connectivity index (χ1) is 37.4. The van der Waals surface area contributed by atoms with Crippen molar-refractivity contribution in [3.63, 3.8) is 0 Å². The van der Waals surface area contributed by atoms with Crippen molar-refractivity contribution in [1.82, 2.24) is 0 Å². The van der Waals surface area contributed by atoms with E-state index >= 15 is 0 Å². The van der Waals surface area contributed by atoms with Gasteiger partial charge >= 0.3 is 11.9 Å². The predicted octanol–water partition coefficient (Wildman–Crippen LogP) is 3.83. The highest BCUT2D eigenvalue weighted by molar-refractivity contribution is 5.88. The molecular formula is C58H92O21. The maximum Gasteiger partial charge on any atom is 0.333 e. The molecule has 0 aromatic carbocycles. The van der Waals surface area contributed by atoms with E-state index in [9.17, 15) is 40.2 Å². The van der Waals surface area contributed by atoms with Crippen LogP contribution in [0.15, 0.2) is 34.9 Å². The van der Waals surface area contributed by atoms with Crippen LogP contribution in [0.1, 0.15) is 127 Å². The normalized spacial score (nSPS) is 48.0. The van der Waals surface area contributed by atoms with E-state index in [1.165, 1.54) is 12.7 Å². The quantitative estimate of drug-likeness (QED) is 0.0686. The van der Waals surface area contributed by atoms with Crippen LogP contribution in [0.2, 0.25) is 0 Å². The van der Waals surface area contributed by atoms with Gasteiger partial charge in [-0.25, -0.2) is 9.59 Å². The second kappa shape index (κ2) is 25.4. The van der Waals surface area contributed by atoms with Crippen LogP contribution in [0.25, 0.3) is 0 Å². The van der Waals surface area contributed by atoms with Crippen molar-refractivity contribution in [2.75, 3.05) is 27.9 Å². The minimum absolute atomic E-state index is 0.0192. The third-order valence-electron chi connectivity index (χ3n) is 20.0. The number of aliphatic hydroxyl groups is 6. The van der Waals surface area contributed by atoms with Crippen LogP contribution in [0.5, 0.6) is 0 Å². The molecule has 1 unspecified atom stereocenters. The van der Waals surface area contributed by atoms with Gasteiger partial charge in [0.05, 0.1) is 48.8 Å². The van der Waals surface area contributed by atoms with Crippen LogP contribution in [0.3, 0.4) is 0 Å². The molecule has 4 heterocycles. The zero-order chi connectivity index (χ0) is 57.6. The van der Waals surface area contributed by atoms with E-state index in [1.807, 2.05) is 27.7 Å². The molecule has 7 fully saturated rings. The lowest BCUT2D eigenvalue weighted by Gasteiger charge is -2.63. The molecule has 4 saturated heterocycles. The lowest BCUT2D eigenvalue weighted by atomic mass is 9.44. The van der Waals surface area contributed by atoms with E-state index < -0.39 is 146 Å². The molecule has 0 bridgehead atoms. The lowest BCUT2D eigenvalue weighted by molar-refractivity contribution is -0.373. The van der Waals surface area contributed by atoms with Crippen molar-refractivity contribution in [3.8, 4) is 0 Å². The van der Waals surface area contributed by atoms with E-state index in [1.54, 1.807) is 54.1 Å². The first-order valence-electron chi connectivity index (χ1n) is 28.7. The van der Waals surface area contributed by atoms with Gasteiger partial charge in [-0.05, 0) is 118 Å². The molecule has 0 amide bonds. The van der Waals surface area contributed by atoms with Gasteiger partial charge in [-0.2, -0.15) is 0 Å². The smallest absolute Gasteiger partial charge is 0.333 e. The second-order valence-corrected chi connectivity index (χ2v) is 24.1. The number of hydrogen-bond acceptors (Lipinski definition) is 21. The molecule has 4 aliphatic carbocycles. The van der Waals surface area contributed by atoms with E-state index in [4.69, 9.17) is 61.6 Å².